The van der Waals surface area contributed by atoms with Gasteiger partial charge < -0.3 is 10.3 Å². The van der Waals surface area contributed by atoms with Gasteiger partial charge in [0.2, 0.25) is 0 Å². The van der Waals surface area contributed by atoms with E-state index in [9.17, 15) is 0 Å². The van der Waals surface area contributed by atoms with E-state index in [1.165, 1.54) is 5.56 Å². The van der Waals surface area contributed by atoms with Crippen molar-refractivity contribution >= 4 is 5.82 Å². The molecule has 0 aliphatic carbocycles. The van der Waals surface area contributed by atoms with Crippen LogP contribution in [-0.2, 0) is 18.4 Å². The summed E-state index contributed by atoms with van der Waals surface area (Å²) in [6, 6.07) is 8.56. The van der Waals surface area contributed by atoms with Gasteiger partial charge in [0.15, 0.2) is 0 Å². The average Bonchev–Trinajstić information content (AvgIpc) is 2.77. The van der Waals surface area contributed by atoms with Crippen LogP contribution < -0.4 is 5.73 Å². The fourth-order valence-electron chi connectivity index (χ4n) is 2.60. The fraction of sp³-hybridized carbons (Fsp3) is 0.500. The number of aryl methyl sites for hydroxylation is 1. The number of nitrogens with zero attached hydrogens (tertiary/aromatic N) is 2. The lowest BCUT2D eigenvalue weighted by Crippen LogP contribution is -2.19. The summed E-state index contributed by atoms with van der Waals surface area (Å²) in [4.78, 5) is 4.86. The van der Waals surface area contributed by atoms with Gasteiger partial charge >= 0.3 is 0 Å². The molecule has 1 heterocycles. The van der Waals surface area contributed by atoms with Gasteiger partial charge in [-0.1, -0.05) is 58.9 Å². The normalized spacial score (nSPS) is 11.9. The van der Waals surface area contributed by atoms with Crippen LogP contribution in [0.3, 0.4) is 0 Å². The van der Waals surface area contributed by atoms with Crippen molar-refractivity contribution in [3.8, 4) is 11.3 Å². The lowest BCUT2D eigenvalue weighted by Gasteiger charge is -2.19. The van der Waals surface area contributed by atoms with Crippen molar-refractivity contribution in [3.63, 3.8) is 0 Å². The van der Waals surface area contributed by atoms with Crippen molar-refractivity contribution in [2.45, 2.75) is 59.4 Å². The summed E-state index contributed by atoms with van der Waals surface area (Å²) in [6.07, 6.45) is 2.10. The maximum absolute atomic E-state index is 6.39. The fourth-order valence-corrected chi connectivity index (χ4v) is 2.60. The second kappa shape index (κ2) is 5.92. The average molecular weight is 285 g/mol. The molecule has 3 nitrogen and oxygen atoms in total. The Morgan fingerprint density at radius 3 is 2.19 bits per heavy atom. The Labute approximate surface area is 128 Å². The van der Waals surface area contributed by atoms with Crippen LogP contribution in [0.25, 0.3) is 11.3 Å². The summed E-state index contributed by atoms with van der Waals surface area (Å²) >= 11 is 0. The van der Waals surface area contributed by atoms with Crippen molar-refractivity contribution in [1.82, 2.24) is 9.55 Å². The van der Waals surface area contributed by atoms with Gasteiger partial charge in [0, 0.05) is 17.5 Å². The van der Waals surface area contributed by atoms with Gasteiger partial charge in [-0.15, -0.1) is 0 Å². The van der Waals surface area contributed by atoms with Gasteiger partial charge in [-0.25, -0.2) is 4.98 Å². The van der Waals surface area contributed by atoms with Gasteiger partial charge in [-0.3, -0.25) is 0 Å². The summed E-state index contributed by atoms with van der Waals surface area (Å²) in [6.45, 7) is 11.8. The van der Waals surface area contributed by atoms with Crippen LogP contribution in [0.5, 0.6) is 0 Å². The molecular weight excluding hydrogens is 258 g/mol. The zero-order valence-corrected chi connectivity index (χ0v) is 13.9. The topological polar surface area (TPSA) is 43.8 Å². The molecule has 0 spiro atoms. The van der Waals surface area contributed by atoms with Gasteiger partial charge in [0.25, 0.3) is 0 Å². The van der Waals surface area contributed by atoms with Crippen LogP contribution in [0.4, 0.5) is 5.82 Å². The Morgan fingerprint density at radius 1 is 1.10 bits per heavy atom. The molecule has 0 fully saturated rings. The standard InChI is InChI=1S/C18H27N3/c1-6-12-21-16(19)15(20-17(21)18(3,4)5)14-10-8-13(7-2)9-11-14/h8-11H,6-7,12,19H2,1-5H3. The van der Waals surface area contributed by atoms with Crippen LogP contribution in [0.15, 0.2) is 24.3 Å². The number of anilines is 1. The Kier molecular flexibility index (Phi) is 4.40. The molecule has 1 aromatic carbocycles. The number of hydrogen-bond acceptors (Lipinski definition) is 2. The van der Waals surface area contributed by atoms with Crippen LogP contribution in [-0.4, -0.2) is 9.55 Å². The molecule has 21 heavy (non-hydrogen) atoms. The van der Waals surface area contributed by atoms with E-state index in [2.05, 4.69) is 63.5 Å². The highest BCUT2D eigenvalue weighted by Gasteiger charge is 2.25. The van der Waals surface area contributed by atoms with Crippen molar-refractivity contribution in [3.05, 3.63) is 35.7 Å². The molecule has 2 N–H and O–H groups in total. The molecule has 0 bridgehead atoms. The third-order valence-corrected chi connectivity index (χ3v) is 3.76. The summed E-state index contributed by atoms with van der Waals surface area (Å²) < 4.78 is 2.17. The highest BCUT2D eigenvalue weighted by Crippen LogP contribution is 2.32. The van der Waals surface area contributed by atoms with E-state index in [1.54, 1.807) is 0 Å². The van der Waals surface area contributed by atoms with Crippen molar-refractivity contribution in [2.24, 2.45) is 0 Å². The lowest BCUT2D eigenvalue weighted by atomic mass is 9.95. The molecule has 0 amide bonds. The maximum Gasteiger partial charge on any atom is 0.131 e. The predicted octanol–water partition coefficient (Wildman–Crippen LogP) is 4.40. The first kappa shape index (κ1) is 15.6. The zero-order valence-electron chi connectivity index (χ0n) is 13.9. The molecule has 2 aromatic rings. The molecule has 0 saturated heterocycles. The summed E-state index contributed by atoms with van der Waals surface area (Å²) in [5, 5.41) is 0. The molecule has 0 atom stereocenters. The van der Waals surface area contributed by atoms with Crippen LogP contribution in [0.2, 0.25) is 0 Å². The highest BCUT2D eigenvalue weighted by molar-refractivity contribution is 5.71. The Morgan fingerprint density at radius 2 is 1.71 bits per heavy atom. The van der Waals surface area contributed by atoms with E-state index < -0.39 is 0 Å². The number of benzene rings is 1. The van der Waals surface area contributed by atoms with E-state index in [0.29, 0.717) is 0 Å². The predicted molar refractivity (Wildman–Crippen MR) is 90.4 cm³/mol. The summed E-state index contributed by atoms with van der Waals surface area (Å²) in [5.41, 5.74) is 9.73. The Balaban J connectivity index is 2.53. The molecule has 0 unspecified atom stereocenters. The number of rotatable bonds is 4. The van der Waals surface area contributed by atoms with Gasteiger partial charge in [0.1, 0.15) is 17.3 Å². The lowest BCUT2D eigenvalue weighted by molar-refractivity contribution is 0.498. The molecule has 2 rings (SSSR count). The van der Waals surface area contributed by atoms with Crippen LogP contribution >= 0.6 is 0 Å². The highest BCUT2D eigenvalue weighted by atomic mass is 15.1. The third-order valence-electron chi connectivity index (χ3n) is 3.76. The van der Waals surface area contributed by atoms with Crippen molar-refractivity contribution in [1.29, 1.82) is 0 Å². The van der Waals surface area contributed by atoms with Crippen molar-refractivity contribution in [2.75, 3.05) is 5.73 Å². The monoisotopic (exact) mass is 285 g/mol. The summed E-state index contributed by atoms with van der Waals surface area (Å²) in [5.74, 6) is 1.85. The first-order chi connectivity index (χ1) is 9.88. The molecular formula is C18H27N3. The van der Waals surface area contributed by atoms with Crippen LogP contribution in [0.1, 0.15) is 52.4 Å². The Bertz CT molecular complexity index is 601. The first-order valence-corrected chi connectivity index (χ1v) is 7.84. The largest absolute Gasteiger partial charge is 0.383 e. The molecule has 0 aliphatic heterocycles. The smallest absolute Gasteiger partial charge is 0.131 e. The molecule has 3 heteroatoms. The number of imidazole rings is 1. The molecule has 0 radical (unpaired) electrons. The number of aromatic nitrogens is 2. The van der Waals surface area contributed by atoms with E-state index in [-0.39, 0.29) is 5.41 Å². The second-order valence-corrected chi connectivity index (χ2v) is 6.62. The number of nitrogens with two attached hydrogens (primary N) is 1. The third kappa shape index (κ3) is 3.12. The quantitative estimate of drug-likeness (QED) is 0.904. The van der Waals surface area contributed by atoms with Gasteiger partial charge in [-0.2, -0.15) is 0 Å². The molecule has 0 aliphatic rings. The molecule has 1 aromatic heterocycles. The van der Waals surface area contributed by atoms with Crippen molar-refractivity contribution < 1.29 is 0 Å². The van der Waals surface area contributed by atoms with E-state index in [0.717, 1.165) is 42.3 Å². The minimum absolute atomic E-state index is 0.00903. The SMILES string of the molecule is CCCn1c(C(C)(C)C)nc(-c2ccc(CC)cc2)c1N. The van der Waals surface area contributed by atoms with Gasteiger partial charge in [0.05, 0.1) is 0 Å². The maximum atomic E-state index is 6.39. The van der Waals surface area contributed by atoms with Gasteiger partial charge in [-0.05, 0) is 18.4 Å². The van der Waals surface area contributed by atoms with E-state index >= 15 is 0 Å². The minimum Gasteiger partial charge on any atom is -0.383 e. The number of nitrogen functional groups attached to an aromatic ring is 1. The van der Waals surface area contributed by atoms with Crippen LogP contribution in [0, 0.1) is 0 Å². The first-order valence-electron chi connectivity index (χ1n) is 7.84. The van der Waals surface area contributed by atoms with E-state index in [1.807, 2.05) is 0 Å². The number of hydrogen-bond donors (Lipinski definition) is 1. The minimum atomic E-state index is -0.00903. The Hall–Kier alpha value is -1.77. The summed E-state index contributed by atoms with van der Waals surface area (Å²) in [7, 11) is 0. The zero-order chi connectivity index (χ0) is 15.6. The second-order valence-electron chi connectivity index (χ2n) is 6.62. The molecule has 114 valence electrons. The molecule has 0 saturated carbocycles. The van der Waals surface area contributed by atoms with E-state index in [4.69, 9.17) is 10.7 Å².